The monoisotopic (exact) mass is 402 g/mol. The van der Waals surface area contributed by atoms with E-state index in [1.807, 2.05) is 12.4 Å². The highest BCUT2D eigenvalue weighted by Gasteiger charge is 2.21. The predicted molar refractivity (Wildman–Crippen MR) is 131 cm³/mol. The maximum atomic E-state index is 4.23. The Kier molecular flexibility index (Phi) is 9.34. The maximum absolute atomic E-state index is 4.23. The molecule has 0 radical (unpaired) electrons. The molecule has 1 fully saturated rings. The van der Waals surface area contributed by atoms with Gasteiger partial charge in [0.25, 0.3) is 0 Å². The molecule has 2 heteroatoms. The molecule has 0 aliphatic heterocycles. The molecule has 1 saturated carbocycles. The lowest BCUT2D eigenvalue weighted by Crippen LogP contribution is -2.13. The van der Waals surface area contributed by atoms with Crippen LogP contribution in [0, 0.1) is 5.92 Å². The highest BCUT2D eigenvalue weighted by molar-refractivity contribution is 5.82. The Bertz CT molecular complexity index is 778. The van der Waals surface area contributed by atoms with Crippen molar-refractivity contribution in [1.82, 2.24) is 0 Å². The maximum Gasteiger partial charge on any atom is 0.0568 e. The van der Waals surface area contributed by atoms with Crippen molar-refractivity contribution in [3.05, 3.63) is 70.8 Å². The molecule has 0 N–H and O–H groups in total. The number of unbranched alkanes of at least 4 members (excludes halogenated alkanes) is 2. The van der Waals surface area contributed by atoms with Crippen LogP contribution >= 0.6 is 0 Å². The average molecular weight is 403 g/mol. The van der Waals surface area contributed by atoms with Gasteiger partial charge in [-0.05, 0) is 66.2 Å². The Balaban J connectivity index is 1.45. The summed E-state index contributed by atoms with van der Waals surface area (Å²) >= 11 is 0. The molecule has 0 unspecified atom stereocenters. The van der Waals surface area contributed by atoms with Gasteiger partial charge in [-0.1, -0.05) is 94.5 Å². The second-order valence-corrected chi connectivity index (χ2v) is 8.86. The van der Waals surface area contributed by atoms with Crippen molar-refractivity contribution in [3.8, 4) is 0 Å². The number of rotatable bonds is 10. The highest BCUT2D eigenvalue weighted by atomic mass is 15.2. The number of hydrogen-bond acceptors (Lipinski definition) is 2. The van der Waals surface area contributed by atoms with Crippen LogP contribution in [0.2, 0.25) is 0 Å². The lowest BCUT2D eigenvalue weighted by atomic mass is 9.77. The van der Waals surface area contributed by atoms with Gasteiger partial charge in [0.1, 0.15) is 0 Å². The zero-order chi connectivity index (χ0) is 21.0. The largest absolute Gasteiger partial charge is 0.159 e. The minimum atomic E-state index is 0.743. The van der Waals surface area contributed by atoms with Gasteiger partial charge < -0.3 is 0 Å². The molecule has 0 spiro atoms. The second-order valence-electron chi connectivity index (χ2n) is 8.86. The minimum absolute atomic E-state index is 0.743. The van der Waals surface area contributed by atoms with Crippen LogP contribution in [0.3, 0.4) is 0 Å². The van der Waals surface area contributed by atoms with Gasteiger partial charge in [-0.15, -0.1) is 0 Å². The van der Waals surface area contributed by atoms with E-state index in [0.717, 1.165) is 29.4 Å². The van der Waals surface area contributed by atoms with Crippen LogP contribution in [-0.4, -0.2) is 12.4 Å². The van der Waals surface area contributed by atoms with Crippen molar-refractivity contribution in [1.29, 1.82) is 0 Å². The van der Waals surface area contributed by atoms with E-state index in [0.29, 0.717) is 0 Å². The Morgan fingerprint density at radius 2 is 1.33 bits per heavy atom. The molecule has 160 valence electrons. The molecule has 0 saturated heterocycles. The Morgan fingerprint density at radius 1 is 0.733 bits per heavy atom. The van der Waals surface area contributed by atoms with E-state index in [-0.39, 0.29) is 0 Å². The van der Waals surface area contributed by atoms with E-state index in [9.17, 15) is 0 Å². The Morgan fingerprint density at radius 3 is 1.90 bits per heavy atom. The summed E-state index contributed by atoms with van der Waals surface area (Å²) < 4.78 is 0. The molecule has 0 heterocycles. The fraction of sp³-hybridized carbons (Fsp3) is 0.500. The first-order valence-electron chi connectivity index (χ1n) is 12.0. The summed E-state index contributed by atoms with van der Waals surface area (Å²) in [6, 6.07) is 17.5. The smallest absolute Gasteiger partial charge is 0.0568 e. The third kappa shape index (κ3) is 7.23. The molecule has 1 aliphatic carbocycles. The van der Waals surface area contributed by atoms with Crippen LogP contribution in [0.25, 0.3) is 0 Å². The van der Waals surface area contributed by atoms with Gasteiger partial charge in [-0.25, -0.2) is 0 Å². The van der Waals surface area contributed by atoms with E-state index >= 15 is 0 Å². The Hall–Kier alpha value is -2.22. The minimum Gasteiger partial charge on any atom is -0.159 e. The van der Waals surface area contributed by atoms with Crippen LogP contribution in [0.1, 0.15) is 99.8 Å². The van der Waals surface area contributed by atoms with E-state index in [1.54, 1.807) is 0 Å². The van der Waals surface area contributed by atoms with Gasteiger partial charge >= 0.3 is 0 Å². The molecular formula is C28H38N2. The summed E-state index contributed by atoms with van der Waals surface area (Å²) in [7, 11) is 0. The number of nitrogens with zero attached hydrogens (tertiary/aromatic N) is 2. The van der Waals surface area contributed by atoms with Crippen molar-refractivity contribution < 1.29 is 0 Å². The third-order valence-corrected chi connectivity index (χ3v) is 6.47. The third-order valence-electron chi connectivity index (χ3n) is 6.47. The second kappa shape index (κ2) is 12.5. The van der Waals surface area contributed by atoms with E-state index in [4.69, 9.17) is 0 Å². The molecule has 2 nitrogen and oxygen atoms in total. The van der Waals surface area contributed by atoms with Crippen LogP contribution in [0.5, 0.6) is 0 Å². The molecule has 0 atom stereocenters. The molecule has 0 aromatic heterocycles. The standard InChI is InChI=1S/C28H38N2/c1-3-5-6-8-24-13-17-27(18-14-24)28-19-15-26(16-20-28)22-30-29-21-25-11-9-23(7-4-2)10-12-25/h9-12,15-16,19-22,24,27H,3-8,13-14,17-18H2,1-2H3/b29-21+,30-22+. The van der Waals surface area contributed by atoms with Gasteiger partial charge in [0.05, 0.1) is 12.4 Å². The summed E-state index contributed by atoms with van der Waals surface area (Å²) in [4.78, 5) is 0. The zero-order valence-corrected chi connectivity index (χ0v) is 18.9. The molecule has 0 bridgehead atoms. The van der Waals surface area contributed by atoms with Gasteiger partial charge in [0, 0.05) is 0 Å². The summed E-state index contributed by atoms with van der Waals surface area (Å²) in [5, 5.41) is 8.44. The van der Waals surface area contributed by atoms with Crippen molar-refractivity contribution in [2.45, 2.75) is 84.0 Å². The SMILES string of the molecule is CCCCCC1CCC(c2ccc(/C=N/N=C/c3ccc(CCC)cc3)cc2)CC1. The topological polar surface area (TPSA) is 24.7 Å². The first-order chi connectivity index (χ1) is 14.8. The van der Waals surface area contributed by atoms with Crippen LogP contribution in [0.4, 0.5) is 0 Å². The van der Waals surface area contributed by atoms with Crippen molar-refractivity contribution >= 4 is 12.4 Å². The molecule has 2 aromatic carbocycles. The predicted octanol–water partition coefficient (Wildman–Crippen LogP) is 7.95. The first kappa shape index (κ1) is 22.5. The average Bonchev–Trinajstić information content (AvgIpc) is 2.79. The quantitative estimate of drug-likeness (QED) is 0.219. The first-order valence-corrected chi connectivity index (χ1v) is 12.0. The van der Waals surface area contributed by atoms with Gasteiger partial charge in [-0.2, -0.15) is 10.2 Å². The number of aryl methyl sites for hydroxylation is 1. The molecule has 0 amide bonds. The molecule has 2 aromatic rings. The van der Waals surface area contributed by atoms with Crippen LogP contribution in [-0.2, 0) is 6.42 Å². The van der Waals surface area contributed by atoms with E-state index in [2.05, 4.69) is 72.6 Å². The fourth-order valence-electron chi connectivity index (χ4n) is 4.58. The lowest BCUT2D eigenvalue weighted by molar-refractivity contribution is 0.303. The summed E-state index contributed by atoms with van der Waals surface area (Å²) in [5.74, 6) is 1.71. The number of hydrogen-bond donors (Lipinski definition) is 0. The molecular weight excluding hydrogens is 364 g/mol. The van der Waals surface area contributed by atoms with Crippen molar-refractivity contribution in [3.63, 3.8) is 0 Å². The van der Waals surface area contributed by atoms with E-state index in [1.165, 1.54) is 68.9 Å². The normalized spacial score (nSPS) is 19.7. The summed E-state index contributed by atoms with van der Waals surface area (Å²) in [6.07, 6.45) is 17.1. The molecule has 1 aliphatic rings. The van der Waals surface area contributed by atoms with Gasteiger partial charge in [0.15, 0.2) is 0 Å². The number of benzene rings is 2. The fourth-order valence-corrected chi connectivity index (χ4v) is 4.58. The van der Waals surface area contributed by atoms with Crippen molar-refractivity contribution in [2.24, 2.45) is 16.1 Å². The molecule has 30 heavy (non-hydrogen) atoms. The zero-order valence-electron chi connectivity index (χ0n) is 18.9. The van der Waals surface area contributed by atoms with Gasteiger partial charge in [0.2, 0.25) is 0 Å². The lowest BCUT2D eigenvalue weighted by Gasteiger charge is -2.29. The van der Waals surface area contributed by atoms with Crippen LogP contribution in [0.15, 0.2) is 58.7 Å². The van der Waals surface area contributed by atoms with Crippen molar-refractivity contribution in [2.75, 3.05) is 0 Å². The van der Waals surface area contributed by atoms with Crippen LogP contribution < -0.4 is 0 Å². The van der Waals surface area contributed by atoms with E-state index < -0.39 is 0 Å². The Labute approximate surface area is 183 Å². The molecule has 3 rings (SSSR count). The van der Waals surface area contributed by atoms with Gasteiger partial charge in [-0.3, -0.25) is 0 Å². The highest BCUT2D eigenvalue weighted by Crippen LogP contribution is 2.37. The summed E-state index contributed by atoms with van der Waals surface area (Å²) in [6.45, 7) is 4.50. The summed E-state index contributed by atoms with van der Waals surface area (Å²) in [5.41, 5.74) is 5.08.